The fourth-order valence-corrected chi connectivity index (χ4v) is 2.91. The smallest absolute Gasteiger partial charge is 0.161 e. The molecule has 0 amide bonds. The van der Waals surface area contributed by atoms with Gasteiger partial charge in [-0.25, -0.2) is 9.97 Å². The minimum absolute atomic E-state index is 0.295. The van der Waals surface area contributed by atoms with Crippen LogP contribution in [0.1, 0.15) is 31.2 Å². The number of aromatic nitrogens is 2. The number of ether oxygens (including phenoxy) is 2. The molecule has 1 saturated carbocycles. The first-order valence-electron chi connectivity index (χ1n) is 7.79. The molecule has 1 heterocycles. The van der Waals surface area contributed by atoms with Crippen LogP contribution in [0.15, 0.2) is 30.7 Å². The summed E-state index contributed by atoms with van der Waals surface area (Å²) in [6.07, 6.45) is 8.03. The lowest BCUT2D eigenvalue weighted by Crippen LogP contribution is -2.12. The molecule has 0 atom stereocenters. The highest BCUT2D eigenvalue weighted by Gasteiger charge is 2.18. The highest BCUT2D eigenvalue weighted by atomic mass is 35.5. The van der Waals surface area contributed by atoms with E-state index in [9.17, 15) is 0 Å². The van der Waals surface area contributed by atoms with Gasteiger partial charge in [-0.3, -0.25) is 0 Å². The molecule has 23 heavy (non-hydrogen) atoms. The molecule has 0 saturated heterocycles. The molecule has 3 rings (SSSR count). The second kappa shape index (κ2) is 7.51. The van der Waals surface area contributed by atoms with Crippen LogP contribution in [0, 0.1) is 0 Å². The number of hydrogen-bond acceptors (Lipinski definition) is 5. The van der Waals surface area contributed by atoms with Gasteiger partial charge in [0.2, 0.25) is 0 Å². The van der Waals surface area contributed by atoms with Crippen LogP contribution < -0.4 is 14.8 Å². The Morgan fingerprint density at radius 3 is 2.83 bits per heavy atom. The third-order valence-corrected chi connectivity index (χ3v) is 4.23. The van der Waals surface area contributed by atoms with Gasteiger partial charge in [0, 0.05) is 6.54 Å². The Hall–Kier alpha value is -2.01. The first-order chi connectivity index (χ1) is 11.3. The molecule has 1 aromatic heterocycles. The minimum Gasteiger partial charge on any atom is -0.493 e. The highest BCUT2D eigenvalue weighted by Crippen LogP contribution is 2.32. The first-order valence-corrected chi connectivity index (χ1v) is 8.17. The Morgan fingerprint density at radius 1 is 1.26 bits per heavy atom. The van der Waals surface area contributed by atoms with E-state index in [0.717, 1.165) is 29.9 Å². The number of benzene rings is 1. The molecule has 0 bridgehead atoms. The quantitative estimate of drug-likeness (QED) is 0.863. The lowest BCUT2D eigenvalue weighted by molar-refractivity contribution is 0.200. The van der Waals surface area contributed by atoms with Crippen LogP contribution in [0.5, 0.6) is 11.5 Å². The minimum atomic E-state index is 0.295. The Balaban J connectivity index is 1.70. The number of nitrogens with zero attached hydrogens (tertiary/aromatic N) is 2. The normalized spacial score (nSPS) is 14.7. The number of hydrogen-bond donors (Lipinski definition) is 1. The lowest BCUT2D eigenvalue weighted by atomic mass is 10.2. The van der Waals surface area contributed by atoms with Gasteiger partial charge < -0.3 is 14.8 Å². The molecule has 1 aliphatic rings. The van der Waals surface area contributed by atoms with Crippen LogP contribution in [-0.2, 0) is 6.54 Å². The summed E-state index contributed by atoms with van der Waals surface area (Å²) < 4.78 is 11.5. The van der Waals surface area contributed by atoms with Crippen molar-refractivity contribution >= 4 is 17.4 Å². The molecule has 0 unspecified atom stereocenters. The molecule has 1 N–H and O–H groups in total. The fourth-order valence-electron chi connectivity index (χ4n) is 2.74. The van der Waals surface area contributed by atoms with Crippen LogP contribution in [0.25, 0.3) is 0 Å². The maximum atomic E-state index is 6.11. The third-order valence-electron chi connectivity index (χ3n) is 3.95. The zero-order valence-corrected chi connectivity index (χ0v) is 13.8. The van der Waals surface area contributed by atoms with Crippen LogP contribution in [0.3, 0.4) is 0 Å². The number of nitrogens with one attached hydrogen (secondary N) is 1. The maximum absolute atomic E-state index is 6.11. The highest BCUT2D eigenvalue weighted by molar-refractivity contribution is 6.32. The van der Waals surface area contributed by atoms with E-state index in [2.05, 4.69) is 15.3 Å². The third kappa shape index (κ3) is 4.05. The molecule has 5 nitrogen and oxygen atoms in total. The molecule has 2 aromatic rings. The Kier molecular flexibility index (Phi) is 5.18. The summed E-state index contributed by atoms with van der Waals surface area (Å²) >= 11 is 6.05. The lowest BCUT2D eigenvalue weighted by Gasteiger charge is -2.17. The predicted molar refractivity (Wildman–Crippen MR) is 90.2 cm³/mol. The summed E-state index contributed by atoms with van der Waals surface area (Å²) in [6, 6.07) is 5.95. The molecule has 6 heteroatoms. The number of halogens is 1. The summed E-state index contributed by atoms with van der Waals surface area (Å²) in [4.78, 5) is 8.00. The molecular weight excluding hydrogens is 314 g/mol. The summed E-state index contributed by atoms with van der Waals surface area (Å²) in [5, 5.41) is 3.71. The standard InChI is InChI=1S/C17H20ClN3O2/c1-22-15-7-6-12(8-16(15)23-13-4-2-3-5-13)9-20-17-14(18)10-19-11-21-17/h6-8,10-11,13H,2-5,9H2,1H3,(H,19,20,21). The SMILES string of the molecule is COc1ccc(CNc2ncncc2Cl)cc1OC1CCCC1. The molecule has 0 spiro atoms. The van der Waals surface area contributed by atoms with Crippen molar-refractivity contribution in [1.29, 1.82) is 0 Å². The average molecular weight is 334 g/mol. The van der Waals surface area contributed by atoms with E-state index in [4.69, 9.17) is 21.1 Å². The summed E-state index contributed by atoms with van der Waals surface area (Å²) in [7, 11) is 1.66. The van der Waals surface area contributed by atoms with Crippen molar-refractivity contribution < 1.29 is 9.47 Å². The Morgan fingerprint density at radius 2 is 2.09 bits per heavy atom. The fraction of sp³-hybridized carbons (Fsp3) is 0.412. The van der Waals surface area contributed by atoms with Crippen LogP contribution in [0.2, 0.25) is 5.02 Å². The van der Waals surface area contributed by atoms with E-state index in [1.54, 1.807) is 13.3 Å². The Bertz CT molecular complexity index is 660. The molecule has 0 aliphatic heterocycles. The van der Waals surface area contributed by atoms with E-state index >= 15 is 0 Å². The Labute approximate surface area is 141 Å². The van der Waals surface area contributed by atoms with Crippen molar-refractivity contribution in [3.05, 3.63) is 41.3 Å². The van der Waals surface area contributed by atoms with Crippen LogP contribution in [0.4, 0.5) is 5.82 Å². The zero-order valence-electron chi connectivity index (χ0n) is 13.1. The molecule has 1 aromatic carbocycles. The number of methoxy groups -OCH3 is 1. The largest absolute Gasteiger partial charge is 0.493 e. The van der Waals surface area contributed by atoms with Gasteiger partial charge in [-0.2, -0.15) is 0 Å². The van der Waals surface area contributed by atoms with Crippen LogP contribution in [-0.4, -0.2) is 23.2 Å². The summed E-state index contributed by atoms with van der Waals surface area (Å²) in [5.41, 5.74) is 1.08. The van der Waals surface area contributed by atoms with Gasteiger partial charge in [-0.05, 0) is 43.4 Å². The van der Waals surface area contributed by atoms with E-state index < -0.39 is 0 Å². The monoisotopic (exact) mass is 333 g/mol. The van der Waals surface area contributed by atoms with Crippen molar-refractivity contribution in [3.63, 3.8) is 0 Å². The summed E-state index contributed by atoms with van der Waals surface area (Å²) in [5.74, 6) is 2.18. The van der Waals surface area contributed by atoms with Crippen molar-refractivity contribution in [2.75, 3.05) is 12.4 Å². The second-order valence-electron chi connectivity index (χ2n) is 5.58. The van der Waals surface area contributed by atoms with Crippen LogP contribution >= 0.6 is 11.6 Å². The van der Waals surface area contributed by atoms with E-state index in [1.165, 1.54) is 19.2 Å². The average Bonchev–Trinajstić information content (AvgIpc) is 3.07. The van der Waals surface area contributed by atoms with E-state index in [0.29, 0.717) is 23.5 Å². The van der Waals surface area contributed by atoms with E-state index in [1.807, 2.05) is 18.2 Å². The molecule has 0 radical (unpaired) electrons. The molecule has 1 aliphatic carbocycles. The van der Waals surface area contributed by atoms with Gasteiger partial charge in [0.25, 0.3) is 0 Å². The summed E-state index contributed by atoms with van der Waals surface area (Å²) in [6.45, 7) is 0.599. The zero-order chi connectivity index (χ0) is 16.1. The van der Waals surface area contributed by atoms with Gasteiger partial charge in [0.1, 0.15) is 17.2 Å². The van der Waals surface area contributed by atoms with Crippen molar-refractivity contribution in [2.45, 2.75) is 38.3 Å². The van der Waals surface area contributed by atoms with Gasteiger partial charge in [-0.15, -0.1) is 0 Å². The number of anilines is 1. The van der Waals surface area contributed by atoms with Crippen molar-refractivity contribution in [2.24, 2.45) is 0 Å². The van der Waals surface area contributed by atoms with Gasteiger partial charge in [-0.1, -0.05) is 17.7 Å². The van der Waals surface area contributed by atoms with Gasteiger partial charge >= 0.3 is 0 Å². The number of rotatable bonds is 6. The predicted octanol–water partition coefficient (Wildman–Crippen LogP) is 4.07. The first kappa shape index (κ1) is 15.9. The molecule has 122 valence electrons. The van der Waals surface area contributed by atoms with Gasteiger partial charge in [0.15, 0.2) is 11.5 Å². The van der Waals surface area contributed by atoms with E-state index in [-0.39, 0.29) is 0 Å². The maximum Gasteiger partial charge on any atom is 0.161 e. The topological polar surface area (TPSA) is 56.3 Å². The van der Waals surface area contributed by atoms with Crippen molar-refractivity contribution in [3.8, 4) is 11.5 Å². The second-order valence-corrected chi connectivity index (χ2v) is 5.99. The van der Waals surface area contributed by atoms with Crippen molar-refractivity contribution in [1.82, 2.24) is 9.97 Å². The molecule has 1 fully saturated rings. The van der Waals surface area contributed by atoms with Gasteiger partial charge in [0.05, 0.1) is 19.4 Å². The molecular formula is C17H20ClN3O2.